The average Bonchev–Trinajstić information content (AvgIpc) is 2.74. The van der Waals surface area contributed by atoms with Gasteiger partial charge in [0.1, 0.15) is 0 Å². The van der Waals surface area contributed by atoms with E-state index >= 15 is 0 Å². The van der Waals surface area contributed by atoms with E-state index in [4.69, 9.17) is 28.9 Å². The summed E-state index contributed by atoms with van der Waals surface area (Å²) in [6.45, 7) is 0.693. The number of aryl methyl sites for hydroxylation is 1. The maximum atomic E-state index is 6.25. The normalized spacial score (nSPS) is 18.6. The summed E-state index contributed by atoms with van der Waals surface area (Å²) >= 11 is 12.5. The summed E-state index contributed by atoms with van der Waals surface area (Å²) in [7, 11) is 0. The van der Waals surface area contributed by atoms with Crippen molar-refractivity contribution in [1.29, 1.82) is 0 Å². The Morgan fingerprint density at radius 1 is 1.15 bits per heavy atom. The minimum absolute atomic E-state index is 0.162. The lowest BCUT2D eigenvalue weighted by atomic mass is 10.1. The van der Waals surface area contributed by atoms with Gasteiger partial charge in [-0.3, -0.25) is 0 Å². The van der Waals surface area contributed by atoms with Gasteiger partial charge in [-0.2, -0.15) is 0 Å². The minimum Gasteiger partial charge on any atom is -0.349 e. The zero-order valence-corrected chi connectivity index (χ0v) is 12.8. The van der Waals surface area contributed by atoms with E-state index < -0.39 is 0 Å². The third-order valence-electron chi connectivity index (χ3n) is 4.01. The summed E-state index contributed by atoms with van der Waals surface area (Å²) < 4.78 is 2.16. The average molecular weight is 309 g/mol. The molecule has 0 fully saturated rings. The second-order valence-electron chi connectivity index (χ2n) is 5.46. The molecule has 106 valence electrons. The van der Waals surface area contributed by atoms with E-state index in [1.807, 2.05) is 18.2 Å². The molecule has 1 aromatic heterocycles. The van der Waals surface area contributed by atoms with Crippen LogP contribution in [0.2, 0.25) is 10.0 Å². The van der Waals surface area contributed by atoms with Gasteiger partial charge in [0, 0.05) is 40.6 Å². The first-order chi connectivity index (χ1) is 9.65. The summed E-state index contributed by atoms with van der Waals surface area (Å²) in [5, 5.41) is 1.43. The molecule has 0 spiro atoms. The Morgan fingerprint density at radius 2 is 1.90 bits per heavy atom. The molecular weight excluding hydrogens is 291 g/mol. The van der Waals surface area contributed by atoms with Gasteiger partial charge in [-0.1, -0.05) is 35.7 Å². The van der Waals surface area contributed by atoms with E-state index in [9.17, 15) is 0 Å². The lowest BCUT2D eigenvalue weighted by molar-refractivity contribution is 0.610. The van der Waals surface area contributed by atoms with Crippen LogP contribution in [0.25, 0.3) is 0 Å². The molecule has 0 amide bonds. The molecule has 0 aliphatic heterocycles. The fraction of sp³-hybridized carbons (Fsp3) is 0.375. The number of rotatable bonds is 2. The van der Waals surface area contributed by atoms with Crippen molar-refractivity contribution in [3.05, 3.63) is 57.3 Å². The SMILES string of the molecule is NC1CCCCc2cn(Cc3c(Cl)cccc3Cl)cc21. The monoisotopic (exact) mass is 308 g/mol. The molecule has 1 atom stereocenters. The van der Waals surface area contributed by atoms with E-state index in [-0.39, 0.29) is 6.04 Å². The van der Waals surface area contributed by atoms with Gasteiger partial charge in [0.05, 0.1) is 0 Å². The fourth-order valence-electron chi connectivity index (χ4n) is 2.91. The minimum atomic E-state index is 0.162. The Hall–Kier alpha value is -0.960. The molecule has 0 bridgehead atoms. The molecule has 2 aromatic rings. The first kappa shape index (κ1) is 14.0. The van der Waals surface area contributed by atoms with Gasteiger partial charge < -0.3 is 10.3 Å². The Labute approximate surface area is 129 Å². The number of hydrogen-bond acceptors (Lipinski definition) is 1. The van der Waals surface area contributed by atoms with Crippen molar-refractivity contribution >= 4 is 23.2 Å². The smallest absolute Gasteiger partial charge is 0.0500 e. The topological polar surface area (TPSA) is 30.9 Å². The van der Waals surface area contributed by atoms with Gasteiger partial charge in [0.15, 0.2) is 0 Å². The van der Waals surface area contributed by atoms with Gasteiger partial charge >= 0.3 is 0 Å². The molecule has 20 heavy (non-hydrogen) atoms. The summed E-state index contributed by atoms with van der Waals surface area (Å²) in [6, 6.07) is 5.79. The molecule has 1 heterocycles. The molecule has 1 aliphatic carbocycles. The van der Waals surface area contributed by atoms with Crippen molar-refractivity contribution < 1.29 is 0 Å². The predicted molar refractivity (Wildman–Crippen MR) is 84.5 cm³/mol. The van der Waals surface area contributed by atoms with Crippen LogP contribution in [0.4, 0.5) is 0 Å². The van der Waals surface area contributed by atoms with Crippen molar-refractivity contribution in [2.75, 3.05) is 0 Å². The van der Waals surface area contributed by atoms with E-state index in [1.54, 1.807) is 0 Å². The second-order valence-corrected chi connectivity index (χ2v) is 6.28. The van der Waals surface area contributed by atoms with Crippen LogP contribution in [0.1, 0.15) is 42.0 Å². The summed E-state index contributed by atoms with van der Waals surface area (Å²) in [5.41, 5.74) is 9.87. The summed E-state index contributed by atoms with van der Waals surface area (Å²) in [4.78, 5) is 0. The van der Waals surface area contributed by atoms with Crippen LogP contribution in [0, 0.1) is 0 Å². The quantitative estimate of drug-likeness (QED) is 0.809. The van der Waals surface area contributed by atoms with Crippen molar-refractivity contribution in [1.82, 2.24) is 4.57 Å². The van der Waals surface area contributed by atoms with Crippen LogP contribution in [0.5, 0.6) is 0 Å². The standard InChI is InChI=1S/C16H18Cl2N2/c17-14-5-3-6-15(18)13(14)10-20-8-11-4-1-2-7-16(19)12(11)9-20/h3,5-6,8-9,16H,1-2,4,7,10,19H2. The summed E-state index contributed by atoms with van der Waals surface area (Å²) in [5.74, 6) is 0. The number of hydrogen-bond donors (Lipinski definition) is 1. The van der Waals surface area contributed by atoms with Crippen molar-refractivity contribution in [3.8, 4) is 0 Å². The lowest BCUT2D eigenvalue weighted by Gasteiger charge is -2.09. The zero-order valence-electron chi connectivity index (χ0n) is 11.3. The van der Waals surface area contributed by atoms with E-state index in [2.05, 4.69) is 17.0 Å². The van der Waals surface area contributed by atoms with Crippen LogP contribution >= 0.6 is 23.2 Å². The number of nitrogens with two attached hydrogens (primary N) is 1. The molecule has 1 unspecified atom stereocenters. The Bertz CT molecular complexity index is 599. The highest BCUT2D eigenvalue weighted by molar-refractivity contribution is 6.35. The van der Waals surface area contributed by atoms with Crippen LogP contribution in [-0.4, -0.2) is 4.57 Å². The van der Waals surface area contributed by atoms with Gasteiger partial charge in [-0.25, -0.2) is 0 Å². The maximum absolute atomic E-state index is 6.25. The highest BCUT2D eigenvalue weighted by Crippen LogP contribution is 2.30. The molecule has 2 nitrogen and oxygen atoms in total. The molecule has 1 aromatic carbocycles. The van der Waals surface area contributed by atoms with Crippen molar-refractivity contribution in [3.63, 3.8) is 0 Å². The van der Waals surface area contributed by atoms with Crippen LogP contribution in [0.15, 0.2) is 30.6 Å². The largest absolute Gasteiger partial charge is 0.349 e. The number of halogens is 2. The number of nitrogens with zero attached hydrogens (tertiary/aromatic N) is 1. The van der Waals surface area contributed by atoms with Crippen LogP contribution in [-0.2, 0) is 13.0 Å². The van der Waals surface area contributed by atoms with Crippen LogP contribution < -0.4 is 5.73 Å². The highest BCUT2D eigenvalue weighted by Gasteiger charge is 2.18. The molecule has 0 radical (unpaired) electrons. The number of fused-ring (bicyclic) bond motifs is 1. The van der Waals surface area contributed by atoms with Crippen molar-refractivity contribution in [2.24, 2.45) is 5.73 Å². The van der Waals surface area contributed by atoms with Gasteiger partial charge in [-0.05, 0) is 42.5 Å². The van der Waals surface area contributed by atoms with E-state index in [0.29, 0.717) is 16.6 Å². The van der Waals surface area contributed by atoms with Gasteiger partial charge in [-0.15, -0.1) is 0 Å². The van der Waals surface area contributed by atoms with Gasteiger partial charge in [0.2, 0.25) is 0 Å². The molecule has 0 saturated heterocycles. The Morgan fingerprint density at radius 3 is 2.65 bits per heavy atom. The first-order valence-corrected chi connectivity index (χ1v) is 7.78. The first-order valence-electron chi connectivity index (χ1n) is 7.02. The number of aromatic nitrogens is 1. The molecule has 0 saturated carbocycles. The predicted octanol–water partition coefficient (Wildman–Crippen LogP) is 4.57. The number of benzene rings is 1. The molecule has 1 aliphatic rings. The molecule has 2 N–H and O–H groups in total. The highest BCUT2D eigenvalue weighted by atomic mass is 35.5. The molecular formula is C16H18Cl2N2. The van der Waals surface area contributed by atoms with E-state index in [0.717, 1.165) is 18.4 Å². The van der Waals surface area contributed by atoms with Crippen LogP contribution in [0.3, 0.4) is 0 Å². The summed E-state index contributed by atoms with van der Waals surface area (Å²) in [6.07, 6.45) is 8.98. The molecule has 4 heteroatoms. The fourth-order valence-corrected chi connectivity index (χ4v) is 3.43. The zero-order chi connectivity index (χ0) is 14.1. The third kappa shape index (κ3) is 2.73. The van der Waals surface area contributed by atoms with E-state index in [1.165, 1.54) is 24.0 Å². The van der Waals surface area contributed by atoms with Gasteiger partial charge in [0.25, 0.3) is 0 Å². The van der Waals surface area contributed by atoms with Crippen molar-refractivity contribution in [2.45, 2.75) is 38.3 Å². The Kier molecular flexibility index (Phi) is 4.06. The lowest BCUT2D eigenvalue weighted by Crippen LogP contribution is -2.09. The second kappa shape index (κ2) is 5.80. The maximum Gasteiger partial charge on any atom is 0.0500 e. The Balaban J connectivity index is 1.91. The third-order valence-corrected chi connectivity index (χ3v) is 4.72. The molecule has 3 rings (SSSR count).